The number of pyridine rings is 1. The summed E-state index contributed by atoms with van der Waals surface area (Å²) in [6, 6.07) is 6.12. The number of anilines is 1. The Balaban J connectivity index is 2.14. The van der Waals surface area contributed by atoms with Crippen LogP contribution in [0, 0.1) is 6.92 Å². The summed E-state index contributed by atoms with van der Waals surface area (Å²) in [6.07, 6.45) is 3.94. The lowest BCUT2D eigenvalue weighted by atomic mass is 10.3. The number of aryl methyl sites for hydroxylation is 1. The molecule has 0 aliphatic carbocycles. The first-order valence-electron chi connectivity index (χ1n) is 5.13. The highest BCUT2D eigenvalue weighted by Gasteiger charge is 2.05. The second kappa shape index (κ2) is 4.70. The Morgan fingerprint density at radius 3 is 2.81 bits per heavy atom. The molecule has 3 nitrogen and oxygen atoms in total. The van der Waals surface area contributed by atoms with Gasteiger partial charge in [-0.25, -0.2) is 4.98 Å². The quantitative estimate of drug-likeness (QED) is 0.936. The van der Waals surface area contributed by atoms with Gasteiger partial charge in [0.15, 0.2) is 0 Å². The van der Waals surface area contributed by atoms with Gasteiger partial charge < -0.3 is 9.88 Å². The van der Waals surface area contributed by atoms with Crippen LogP contribution in [0.5, 0.6) is 0 Å². The number of halogens is 1. The van der Waals surface area contributed by atoms with Crippen molar-refractivity contribution in [1.29, 1.82) is 0 Å². The Labute approximate surface area is 104 Å². The van der Waals surface area contributed by atoms with E-state index in [0.717, 1.165) is 22.5 Å². The summed E-state index contributed by atoms with van der Waals surface area (Å²) in [5, 5.41) is 0. The lowest BCUT2D eigenvalue weighted by Gasteiger charge is -2.18. The average Bonchev–Trinajstić information content (AvgIpc) is 2.74. The van der Waals surface area contributed by atoms with E-state index in [1.165, 1.54) is 5.56 Å². The van der Waals surface area contributed by atoms with Crippen molar-refractivity contribution < 1.29 is 0 Å². The molecule has 0 saturated carbocycles. The topological polar surface area (TPSA) is 31.9 Å². The van der Waals surface area contributed by atoms with Gasteiger partial charge in [-0.2, -0.15) is 0 Å². The van der Waals surface area contributed by atoms with Crippen molar-refractivity contribution >= 4 is 21.7 Å². The lowest BCUT2D eigenvalue weighted by molar-refractivity contribution is 0.892. The summed E-state index contributed by atoms with van der Waals surface area (Å²) in [4.78, 5) is 9.70. The van der Waals surface area contributed by atoms with Crippen molar-refractivity contribution in [2.24, 2.45) is 0 Å². The molecule has 16 heavy (non-hydrogen) atoms. The summed E-state index contributed by atoms with van der Waals surface area (Å²) >= 11 is 3.45. The van der Waals surface area contributed by atoms with Crippen molar-refractivity contribution in [2.75, 3.05) is 11.9 Å². The number of nitrogens with zero attached hydrogens (tertiary/aromatic N) is 2. The maximum Gasteiger partial charge on any atom is 0.128 e. The Hall–Kier alpha value is -1.29. The molecule has 2 aromatic rings. The first kappa shape index (κ1) is 11.2. The van der Waals surface area contributed by atoms with E-state index in [2.05, 4.69) is 36.9 Å². The Morgan fingerprint density at radius 1 is 1.38 bits per heavy atom. The van der Waals surface area contributed by atoms with Crippen molar-refractivity contribution in [3.05, 3.63) is 46.3 Å². The van der Waals surface area contributed by atoms with Crippen LogP contribution in [0.1, 0.15) is 11.3 Å². The molecule has 2 heterocycles. The van der Waals surface area contributed by atoms with Gasteiger partial charge in [0.1, 0.15) is 5.82 Å². The molecule has 2 rings (SSSR count). The standard InChI is InChI=1S/C12H14BrN3/c1-9-11(13)3-4-12(15-9)16(2)8-10-5-6-14-7-10/h3-7,14H,8H2,1-2H3. The molecule has 0 bridgehead atoms. The van der Waals surface area contributed by atoms with Crippen molar-refractivity contribution in [1.82, 2.24) is 9.97 Å². The van der Waals surface area contributed by atoms with Gasteiger partial charge in [-0.15, -0.1) is 0 Å². The first-order chi connectivity index (χ1) is 7.66. The van der Waals surface area contributed by atoms with Gasteiger partial charge in [0.25, 0.3) is 0 Å². The monoisotopic (exact) mass is 279 g/mol. The fourth-order valence-electron chi connectivity index (χ4n) is 1.56. The molecule has 0 spiro atoms. The fourth-order valence-corrected chi connectivity index (χ4v) is 1.78. The molecule has 0 aliphatic rings. The molecule has 0 unspecified atom stereocenters. The minimum atomic E-state index is 0.859. The van der Waals surface area contributed by atoms with Gasteiger partial charge in [0.2, 0.25) is 0 Å². The highest BCUT2D eigenvalue weighted by molar-refractivity contribution is 9.10. The second-order valence-electron chi connectivity index (χ2n) is 3.81. The van der Waals surface area contributed by atoms with Crippen LogP contribution in [0.25, 0.3) is 0 Å². The van der Waals surface area contributed by atoms with Crippen LogP contribution in [0.4, 0.5) is 5.82 Å². The molecule has 0 fully saturated rings. The molecule has 2 aromatic heterocycles. The zero-order valence-corrected chi connectivity index (χ0v) is 11.0. The molecule has 0 atom stereocenters. The van der Waals surface area contributed by atoms with Gasteiger partial charge in [-0.05, 0) is 46.6 Å². The zero-order valence-electron chi connectivity index (χ0n) is 9.37. The Morgan fingerprint density at radius 2 is 2.19 bits per heavy atom. The van der Waals surface area contributed by atoms with Gasteiger partial charge in [-0.1, -0.05) is 0 Å². The van der Waals surface area contributed by atoms with Crippen molar-refractivity contribution in [2.45, 2.75) is 13.5 Å². The molecule has 0 aromatic carbocycles. The first-order valence-corrected chi connectivity index (χ1v) is 5.92. The predicted molar refractivity (Wildman–Crippen MR) is 69.6 cm³/mol. The van der Waals surface area contributed by atoms with Crippen LogP contribution in [0.3, 0.4) is 0 Å². The largest absolute Gasteiger partial charge is 0.367 e. The fraction of sp³-hybridized carbons (Fsp3) is 0.250. The van der Waals surface area contributed by atoms with Crippen LogP contribution < -0.4 is 4.90 Å². The number of hydrogen-bond acceptors (Lipinski definition) is 2. The van der Waals surface area contributed by atoms with Crippen molar-refractivity contribution in [3.8, 4) is 0 Å². The predicted octanol–water partition coefficient (Wildman–Crippen LogP) is 3.12. The van der Waals surface area contributed by atoms with Crippen LogP contribution in [-0.2, 0) is 6.54 Å². The molecular weight excluding hydrogens is 266 g/mol. The van der Waals surface area contributed by atoms with Gasteiger partial charge in [-0.3, -0.25) is 0 Å². The van der Waals surface area contributed by atoms with E-state index in [1.54, 1.807) is 0 Å². The van der Waals surface area contributed by atoms with E-state index in [-0.39, 0.29) is 0 Å². The Kier molecular flexibility index (Phi) is 3.29. The molecule has 0 amide bonds. The number of nitrogens with one attached hydrogen (secondary N) is 1. The summed E-state index contributed by atoms with van der Waals surface area (Å²) in [7, 11) is 2.04. The SMILES string of the molecule is Cc1nc(N(C)Cc2cc[nH]c2)ccc1Br. The Bertz CT molecular complexity index is 465. The van der Waals surface area contributed by atoms with E-state index in [4.69, 9.17) is 0 Å². The summed E-state index contributed by atoms with van der Waals surface area (Å²) < 4.78 is 1.05. The number of rotatable bonds is 3. The molecule has 1 N–H and O–H groups in total. The average molecular weight is 280 g/mol. The molecule has 0 saturated heterocycles. The molecule has 84 valence electrons. The number of aromatic amines is 1. The number of H-pyrrole nitrogens is 1. The van der Waals surface area contributed by atoms with Crippen LogP contribution in [0.2, 0.25) is 0 Å². The highest BCUT2D eigenvalue weighted by atomic mass is 79.9. The third kappa shape index (κ3) is 2.44. The summed E-state index contributed by atoms with van der Waals surface area (Å²) in [5.74, 6) is 0.988. The van der Waals surface area contributed by atoms with Crippen LogP contribution in [0.15, 0.2) is 35.1 Å². The van der Waals surface area contributed by atoms with Gasteiger partial charge in [0, 0.05) is 30.5 Å². The van der Waals surface area contributed by atoms with E-state index in [9.17, 15) is 0 Å². The molecule has 4 heteroatoms. The smallest absolute Gasteiger partial charge is 0.128 e. The van der Waals surface area contributed by atoms with E-state index in [0.29, 0.717) is 0 Å². The van der Waals surface area contributed by atoms with E-state index >= 15 is 0 Å². The van der Waals surface area contributed by atoms with Crippen LogP contribution in [-0.4, -0.2) is 17.0 Å². The van der Waals surface area contributed by atoms with Gasteiger partial charge >= 0.3 is 0 Å². The zero-order chi connectivity index (χ0) is 11.5. The second-order valence-corrected chi connectivity index (χ2v) is 4.67. The van der Waals surface area contributed by atoms with Gasteiger partial charge in [0.05, 0.1) is 5.69 Å². The van der Waals surface area contributed by atoms with Crippen LogP contribution >= 0.6 is 15.9 Å². The summed E-state index contributed by atoms with van der Waals surface area (Å²) in [5.41, 5.74) is 2.27. The molecule has 0 radical (unpaired) electrons. The maximum absolute atomic E-state index is 4.52. The summed E-state index contributed by atoms with van der Waals surface area (Å²) in [6.45, 7) is 2.86. The molecular formula is C12H14BrN3. The van der Waals surface area contributed by atoms with E-state index < -0.39 is 0 Å². The number of hydrogen-bond donors (Lipinski definition) is 1. The minimum absolute atomic E-state index is 0.859. The maximum atomic E-state index is 4.52. The lowest BCUT2D eigenvalue weighted by Crippen LogP contribution is -2.17. The van der Waals surface area contributed by atoms with E-state index in [1.807, 2.05) is 38.5 Å². The number of aromatic nitrogens is 2. The van der Waals surface area contributed by atoms with Crippen molar-refractivity contribution in [3.63, 3.8) is 0 Å². The molecule has 0 aliphatic heterocycles. The third-order valence-electron chi connectivity index (χ3n) is 2.48. The highest BCUT2D eigenvalue weighted by Crippen LogP contribution is 2.19. The third-order valence-corrected chi connectivity index (χ3v) is 3.32. The normalized spacial score (nSPS) is 10.4. The minimum Gasteiger partial charge on any atom is -0.367 e.